The molecule has 4 aliphatic rings. The lowest BCUT2D eigenvalue weighted by molar-refractivity contribution is -0.0415. The normalized spacial score (nSPS) is 18.5. The number of pyridine rings is 2. The highest BCUT2D eigenvalue weighted by Gasteiger charge is 2.31. The number of hydrogen-bond acceptors (Lipinski definition) is 12. The molecule has 10 rings (SSSR count). The summed E-state index contributed by atoms with van der Waals surface area (Å²) in [4.78, 5) is 22.6. The predicted octanol–water partition coefficient (Wildman–Crippen LogP) is 14.6. The van der Waals surface area contributed by atoms with Crippen LogP contribution in [-0.2, 0) is 38.2 Å². The molecule has 66 heavy (non-hydrogen) atoms. The topological polar surface area (TPSA) is 126 Å². The van der Waals surface area contributed by atoms with Gasteiger partial charge in [0.05, 0.1) is 65.5 Å². The average Bonchev–Trinajstić information content (AvgIpc) is 4.20. The van der Waals surface area contributed by atoms with Crippen molar-refractivity contribution in [3.05, 3.63) is 154 Å². The highest BCUT2D eigenvalue weighted by molar-refractivity contribution is 7.18. The molecule has 5 aromatic heterocycles. The van der Waals surface area contributed by atoms with Crippen molar-refractivity contribution in [2.24, 2.45) is 5.25 Å². The number of carbonyl (C=O) groups excluding carboxylic acids is 1. The highest BCUT2D eigenvalue weighted by Crippen LogP contribution is 2.46. The number of aldehydes is 1. The average molecular weight is 1090 g/mol. The van der Waals surface area contributed by atoms with E-state index in [0.29, 0.717) is 57.4 Å². The second-order valence-electron chi connectivity index (χ2n) is 15.7. The Kier molecular flexibility index (Phi) is 19.5. The molecule has 2 aliphatic carbocycles. The van der Waals surface area contributed by atoms with Crippen LogP contribution in [0, 0.1) is 0 Å². The van der Waals surface area contributed by atoms with Crippen molar-refractivity contribution in [3.8, 4) is 0 Å². The number of rotatable bonds is 9. The molecular formula is C47H46Cl7N3O6S3. The van der Waals surface area contributed by atoms with Gasteiger partial charge in [-0.2, -0.15) is 0 Å². The fraction of sp³-hybridized carbons (Fsp3) is 0.383. The van der Waals surface area contributed by atoms with E-state index in [1.807, 2.05) is 42.5 Å². The van der Waals surface area contributed by atoms with Gasteiger partial charge in [-0.3, -0.25) is 4.79 Å². The minimum absolute atomic E-state index is 0.0779. The van der Waals surface area contributed by atoms with E-state index in [0.717, 1.165) is 102 Å². The highest BCUT2D eigenvalue weighted by atomic mass is 35.5. The third-order valence-corrected chi connectivity index (χ3v) is 16.5. The molecule has 2 saturated heterocycles. The number of aromatic nitrogens is 2. The first-order valence-electron chi connectivity index (χ1n) is 21.2. The van der Waals surface area contributed by atoms with E-state index < -0.39 is 0 Å². The molecule has 0 amide bonds. The smallest absolute Gasteiger partial charge is 0.193 e. The van der Waals surface area contributed by atoms with E-state index in [-0.39, 0.29) is 36.9 Å². The Balaban J connectivity index is 0.000000145. The van der Waals surface area contributed by atoms with Crippen LogP contribution in [-0.4, -0.2) is 54.4 Å². The molecule has 3 atom stereocenters. The molecular weight excluding hydrogens is 1050 g/mol. The minimum Gasteiger partial charge on any atom is -0.396 e. The summed E-state index contributed by atoms with van der Waals surface area (Å²) in [5, 5.41) is 15.0. The number of aliphatic hydroxyl groups excluding tert-OH is 1. The maximum atomic E-state index is 10.9. The van der Waals surface area contributed by atoms with Gasteiger partial charge in [0.15, 0.2) is 18.9 Å². The molecule has 0 spiro atoms. The number of halogens is 7. The SMILES string of the molecule is CC(c1cc(Cl)ccc1CCO)c1cc(C2OCCO2)sc1Cl.Clc1ccc2c(n1)C(c1cc(C3OCCO3)sc1Cl)CCC2.NCl.O=Cc1cc(C2CCCc3ccc(Cl)nc32)c(Cl)s1. The largest absolute Gasteiger partial charge is 0.396 e. The Morgan fingerprint density at radius 2 is 1.20 bits per heavy atom. The van der Waals surface area contributed by atoms with Gasteiger partial charge in [0, 0.05) is 29.4 Å². The van der Waals surface area contributed by atoms with Crippen molar-refractivity contribution in [1.29, 1.82) is 0 Å². The minimum atomic E-state index is -0.310. The first-order valence-corrected chi connectivity index (χ1v) is 26.4. The van der Waals surface area contributed by atoms with Crippen molar-refractivity contribution < 1.29 is 28.8 Å². The van der Waals surface area contributed by atoms with Crippen LogP contribution in [0.4, 0.5) is 0 Å². The van der Waals surface area contributed by atoms with E-state index in [1.54, 1.807) is 0 Å². The van der Waals surface area contributed by atoms with Crippen molar-refractivity contribution in [1.82, 2.24) is 9.97 Å². The van der Waals surface area contributed by atoms with Gasteiger partial charge < -0.3 is 24.1 Å². The third-order valence-electron chi connectivity index (χ3n) is 11.7. The maximum Gasteiger partial charge on any atom is 0.193 e. The Bertz CT molecular complexity index is 2580. The number of benzene rings is 1. The van der Waals surface area contributed by atoms with Crippen molar-refractivity contribution in [2.75, 3.05) is 33.0 Å². The number of fused-ring (bicyclic) bond motifs is 2. The van der Waals surface area contributed by atoms with Gasteiger partial charge in [0.1, 0.15) is 10.3 Å². The molecule has 3 unspecified atom stereocenters. The standard InChI is InChI=1S/C17H18Cl2O3S.C16H15Cl2NO2S.C14H11Cl2NOS.ClH2N/c1-10(13-8-12(18)3-2-11(13)4-5-20)14-9-15(23-16(14)19)17-21-6-7-22-17;17-13-5-4-9-2-1-3-10(14(9)19-13)11-8-12(22-15(11)18)16-20-6-7-21-16;15-12-5-4-8-2-1-3-10(13(8)17-12)11-6-9(7-18)19-14(11)16;1-2/h2-3,8-10,17,20H,4-7H2,1H3;4-5,8,10,16H,1-3,6-7H2;4-7,10H,1-3H2;2H2. The van der Waals surface area contributed by atoms with E-state index >= 15 is 0 Å². The molecule has 0 bridgehead atoms. The Labute approximate surface area is 431 Å². The van der Waals surface area contributed by atoms with Crippen LogP contribution in [0.2, 0.25) is 28.3 Å². The molecule has 352 valence electrons. The molecule has 1 aromatic carbocycles. The number of aliphatic hydroxyl groups is 1. The van der Waals surface area contributed by atoms with Crippen molar-refractivity contribution in [3.63, 3.8) is 0 Å². The molecule has 9 nitrogen and oxygen atoms in total. The second-order valence-corrected chi connectivity index (χ2v) is 22.0. The summed E-state index contributed by atoms with van der Waals surface area (Å²) < 4.78 is 24.5. The van der Waals surface area contributed by atoms with Gasteiger partial charge >= 0.3 is 0 Å². The molecule has 0 saturated carbocycles. The molecule has 0 radical (unpaired) electrons. The molecule has 7 heterocycles. The molecule has 2 aliphatic heterocycles. The van der Waals surface area contributed by atoms with Crippen LogP contribution in [0.3, 0.4) is 0 Å². The molecule has 2 fully saturated rings. The Morgan fingerprint density at radius 3 is 1.73 bits per heavy atom. The summed E-state index contributed by atoms with van der Waals surface area (Å²) >= 11 is 46.0. The monoisotopic (exact) mass is 1090 g/mol. The number of nitrogens with two attached hydrogens (primary N) is 1. The lowest BCUT2D eigenvalue weighted by Gasteiger charge is -2.24. The van der Waals surface area contributed by atoms with Crippen LogP contribution < -0.4 is 5.25 Å². The van der Waals surface area contributed by atoms with Gasteiger partial charge in [0.25, 0.3) is 0 Å². The zero-order valence-corrected chi connectivity index (χ0v) is 43.3. The van der Waals surface area contributed by atoms with E-state index in [4.69, 9.17) is 88.6 Å². The van der Waals surface area contributed by atoms with E-state index in [2.05, 4.69) is 52.1 Å². The Hall–Kier alpha value is -1.92. The number of ether oxygens (including phenoxy) is 4. The summed E-state index contributed by atoms with van der Waals surface area (Å²) in [6, 6.07) is 19.6. The zero-order valence-electron chi connectivity index (χ0n) is 35.6. The first kappa shape index (κ1) is 51.9. The summed E-state index contributed by atoms with van der Waals surface area (Å²) in [5.74, 6) is 0.440. The fourth-order valence-corrected chi connectivity index (χ4v) is 13.2. The number of thiophene rings is 3. The van der Waals surface area contributed by atoms with Crippen LogP contribution in [0.15, 0.2) is 60.7 Å². The van der Waals surface area contributed by atoms with Gasteiger partial charge in [-0.25, -0.2) is 15.2 Å². The number of aryl methyl sites for hydroxylation is 2. The first-order chi connectivity index (χ1) is 32.0. The molecule has 19 heteroatoms. The van der Waals surface area contributed by atoms with Crippen LogP contribution in [0.1, 0.15) is 133 Å². The number of carbonyl (C=O) groups is 1. The second kappa shape index (κ2) is 24.8. The summed E-state index contributed by atoms with van der Waals surface area (Å²) in [7, 11) is 0. The lowest BCUT2D eigenvalue weighted by Crippen LogP contribution is -2.13. The third kappa shape index (κ3) is 12.5. The summed E-state index contributed by atoms with van der Waals surface area (Å²) in [5.41, 5.74) is 9.92. The fourth-order valence-electron chi connectivity index (χ4n) is 8.65. The lowest BCUT2D eigenvalue weighted by atomic mass is 9.83. The van der Waals surface area contributed by atoms with Gasteiger partial charge in [0.2, 0.25) is 0 Å². The van der Waals surface area contributed by atoms with Crippen LogP contribution >= 0.6 is 115 Å². The van der Waals surface area contributed by atoms with Gasteiger partial charge in [-0.1, -0.05) is 94.7 Å². The zero-order chi connectivity index (χ0) is 46.9. The maximum absolute atomic E-state index is 10.9. The quantitative estimate of drug-likeness (QED) is 0.0827. The van der Waals surface area contributed by atoms with E-state index in [9.17, 15) is 9.90 Å². The Morgan fingerprint density at radius 1 is 0.682 bits per heavy atom. The number of nitrogens with zero attached hydrogens (tertiary/aromatic N) is 2. The van der Waals surface area contributed by atoms with Crippen molar-refractivity contribution >= 4 is 122 Å². The predicted molar refractivity (Wildman–Crippen MR) is 271 cm³/mol. The van der Waals surface area contributed by atoms with Gasteiger partial charge in [-0.05, 0) is 138 Å². The number of hydrogen-bond donors (Lipinski definition) is 2. The van der Waals surface area contributed by atoms with Crippen LogP contribution in [0.5, 0.6) is 0 Å². The molecule has 3 N–H and O–H groups in total. The van der Waals surface area contributed by atoms with Crippen LogP contribution in [0.25, 0.3) is 0 Å². The van der Waals surface area contributed by atoms with E-state index in [1.165, 1.54) is 45.1 Å². The summed E-state index contributed by atoms with van der Waals surface area (Å²) in [6.45, 7) is 4.70. The molecule has 6 aromatic rings. The van der Waals surface area contributed by atoms with Crippen molar-refractivity contribution in [2.45, 2.75) is 82.2 Å². The van der Waals surface area contributed by atoms with Gasteiger partial charge in [-0.15, -0.1) is 34.0 Å². The summed E-state index contributed by atoms with van der Waals surface area (Å²) in [6.07, 6.45) is 7.22.